The fourth-order valence-corrected chi connectivity index (χ4v) is 10.9. The lowest BCUT2D eigenvalue weighted by Crippen LogP contribution is -2.45. The van der Waals surface area contributed by atoms with Gasteiger partial charge < -0.3 is 92.9 Å². The largest absolute Gasteiger partial charge is 0.370 e. The molecule has 0 fully saturated rings. The number of hydrogen-bond acceptors (Lipinski definition) is 17. The summed E-state index contributed by atoms with van der Waals surface area (Å²) in [5.41, 5.74) is 34.9. The van der Waals surface area contributed by atoms with Crippen molar-refractivity contribution in [1.29, 1.82) is 21.6 Å². The van der Waals surface area contributed by atoms with E-state index in [2.05, 4.69) is 58.5 Å². The first-order valence-corrected chi connectivity index (χ1v) is 32.5. The van der Waals surface area contributed by atoms with E-state index in [9.17, 15) is 38.4 Å². The van der Waals surface area contributed by atoms with Crippen LogP contribution in [0.5, 0.6) is 0 Å². The molecule has 33 heteroatoms. The molecule has 0 saturated heterocycles. The van der Waals surface area contributed by atoms with Crippen molar-refractivity contribution in [2.45, 2.75) is 95.1 Å². The number of nitrogens with one attached hydrogen (secondary N) is 15. The number of primary amides is 1. The van der Waals surface area contributed by atoms with Crippen LogP contribution in [-0.4, -0.2) is 146 Å². The molecule has 0 aromatic heterocycles. The number of rotatable bonds is 35. The molecule has 4 atom stereocenters. The van der Waals surface area contributed by atoms with Crippen molar-refractivity contribution < 1.29 is 38.4 Å². The number of carbonyl (C=O) groups excluding carboxylic acids is 8. The number of carbonyl (C=O) groups is 8. The molecule has 4 aromatic carbocycles. The number of amides is 8. The maximum atomic E-state index is 14.5. The predicted octanol–water partition coefficient (Wildman–Crippen LogP) is 2.20. The van der Waals surface area contributed by atoms with Gasteiger partial charge in [-0.05, 0) is 149 Å². The normalized spacial score (nSPS) is 12.1. The first-order chi connectivity index (χ1) is 42.4. The molecular formula is C56H79N21O8S4. The molecule has 0 radical (unpaired) electrons. The van der Waals surface area contributed by atoms with Crippen molar-refractivity contribution in [1.82, 2.24) is 37.2 Å². The first-order valence-electron chi connectivity index (χ1n) is 27.6. The molecule has 0 aliphatic carbocycles. The highest BCUT2D eigenvalue weighted by molar-refractivity contribution is 7.99. The molecule has 480 valence electrons. The van der Waals surface area contributed by atoms with Crippen LogP contribution in [0, 0.1) is 21.6 Å². The zero-order valence-electron chi connectivity index (χ0n) is 49.6. The van der Waals surface area contributed by atoms with Crippen molar-refractivity contribution >= 4 is 141 Å². The second-order valence-corrected chi connectivity index (χ2v) is 23.0. The van der Waals surface area contributed by atoms with E-state index < -0.39 is 71.4 Å². The molecule has 0 aliphatic heterocycles. The molecule has 0 aliphatic rings. The Balaban J connectivity index is 1.59. The van der Waals surface area contributed by atoms with Gasteiger partial charge in [-0.25, -0.2) is 0 Å². The van der Waals surface area contributed by atoms with Crippen LogP contribution in [0.4, 0.5) is 22.7 Å². The average molecular weight is 1300 g/mol. The molecule has 4 aromatic rings. The monoisotopic (exact) mass is 1300 g/mol. The van der Waals surface area contributed by atoms with E-state index >= 15 is 0 Å². The van der Waals surface area contributed by atoms with Gasteiger partial charge in [-0.2, -0.15) is 0 Å². The Morgan fingerprint density at radius 1 is 0.382 bits per heavy atom. The third kappa shape index (κ3) is 24.3. The number of guanidine groups is 4. The SMILES string of the molecule is CSc1ccc(NC(=O)[C@H](CCCNC(=N)N)NC(=O)c2cc(NC(=O)[C@H](CCCNC(=N)N)NC(=O)c3cc(NC(=O)[C@H](CCCNC(=N)N)NC(=O)c4cc(NC(=O)[C@@H](N)CCCNC(=N)N)ccc4SC)ccc3SC)ccc2SC)cc1C(N)=O. The highest BCUT2D eigenvalue weighted by atomic mass is 32.2. The minimum atomic E-state index is -1.24. The second kappa shape index (κ2) is 37.0. The molecule has 27 N–H and O–H groups in total. The van der Waals surface area contributed by atoms with E-state index in [4.69, 9.17) is 56.0 Å². The van der Waals surface area contributed by atoms with Crippen LogP contribution in [0.1, 0.15) is 92.8 Å². The van der Waals surface area contributed by atoms with Gasteiger partial charge in [0.1, 0.15) is 18.1 Å². The van der Waals surface area contributed by atoms with Gasteiger partial charge in [-0.1, -0.05) is 0 Å². The van der Waals surface area contributed by atoms with Crippen molar-refractivity contribution in [3.05, 3.63) is 95.1 Å². The molecular weight excluding hydrogens is 1220 g/mol. The summed E-state index contributed by atoms with van der Waals surface area (Å²) < 4.78 is 0. The number of nitrogens with two attached hydrogens (primary N) is 6. The minimum Gasteiger partial charge on any atom is -0.370 e. The van der Waals surface area contributed by atoms with E-state index in [0.29, 0.717) is 39.0 Å². The number of anilines is 4. The van der Waals surface area contributed by atoms with Crippen LogP contribution in [0.15, 0.2) is 92.4 Å². The fraction of sp³-hybridized carbons (Fsp3) is 0.357. The number of benzene rings is 4. The third-order valence-corrected chi connectivity index (χ3v) is 16.2. The molecule has 0 spiro atoms. The fourth-order valence-electron chi connectivity index (χ4n) is 8.57. The Bertz CT molecular complexity index is 3250. The van der Waals surface area contributed by atoms with Gasteiger partial charge in [0.25, 0.3) is 17.7 Å². The Morgan fingerprint density at radius 3 is 0.888 bits per heavy atom. The molecule has 0 bridgehead atoms. The van der Waals surface area contributed by atoms with E-state index in [1.807, 2.05) is 0 Å². The average Bonchev–Trinajstić information content (AvgIpc) is 2.33. The van der Waals surface area contributed by atoms with Crippen molar-refractivity contribution in [3.63, 3.8) is 0 Å². The van der Waals surface area contributed by atoms with Crippen molar-refractivity contribution in [2.75, 3.05) is 72.5 Å². The second-order valence-electron chi connectivity index (χ2n) is 19.6. The molecule has 89 heavy (non-hydrogen) atoms. The standard InChI is InChI=1S/C56H79N21O8S4/c1-86-41-17-13-29(25-33(41)45(58)78)72-50(83)38(10-6-22-68-54(61)62)75-47(80)35-27-31(15-19-43(35)88-3)74-52(85)40(12-8-24-70-56(65)66)77-48(81)36-28-32(16-20-44(36)89-4)73-51(84)39(11-7-23-69-55(63)64)76-46(79)34-26-30(14-18-42(34)87-2)71-49(82)37(57)9-5-21-67-53(59)60/h13-20,25-28,37-40H,5-12,21-24,57H2,1-4H3,(H2,58,78)(H,71,82)(H,72,83)(H,73,84)(H,74,85)(H,75,80)(H,76,79)(H,77,81)(H4,59,60,67)(H4,61,62,68)(H4,63,64,69)(H4,65,66,70)/t37-,38-,39-,40-/m0/s1. The zero-order chi connectivity index (χ0) is 65.7. The summed E-state index contributed by atoms with van der Waals surface area (Å²) in [5.74, 6) is -6.31. The van der Waals surface area contributed by atoms with Gasteiger partial charge in [-0.3, -0.25) is 60.0 Å². The summed E-state index contributed by atoms with van der Waals surface area (Å²) in [6, 6.07) is 14.1. The summed E-state index contributed by atoms with van der Waals surface area (Å²) in [6.45, 7) is 0.900. The Hall–Kier alpha value is -8.92. The van der Waals surface area contributed by atoms with Crippen LogP contribution in [-0.2, 0) is 19.2 Å². The molecule has 0 unspecified atom stereocenters. The van der Waals surface area contributed by atoms with Crippen LogP contribution < -0.4 is 92.9 Å². The summed E-state index contributed by atoms with van der Waals surface area (Å²) in [7, 11) is 0. The molecule has 0 heterocycles. The van der Waals surface area contributed by atoms with Gasteiger partial charge in [0, 0.05) is 68.5 Å². The molecule has 29 nitrogen and oxygen atoms in total. The minimum absolute atomic E-state index is 0.0252. The summed E-state index contributed by atoms with van der Waals surface area (Å²) in [5, 5.41) is 60.2. The van der Waals surface area contributed by atoms with Gasteiger partial charge in [0.05, 0.1) is 28.3 Å². The number of thioether (sulfide) groups is 4. The van der Waals surface area contributed by atoms with Crippen molar-refractivity contribution in [2.24, 2.45) is 34.4 Å². The lowest BCUT2D eigenvalue weighted by atomic mass is 10.1. The summed E-state index contributed by atoms with van der Waals surface area (Å²) in [6.07, 6.45) is 8.70. The highest BCUT2D eigenvalue weighted by Crippen LogP contribution is 2.29. The van der Waals surface area contributed by atoms with Crippen LogP contribution in [0.3, 0.4) is 0 Å². The maximum Gasteiger partial charge on any atom is 0.253 e. The molecule has 4 rings (SSSR count). The van der Waals surface area contributed by atoms with Gasteiger partial charge in [-0.15, -0.1) is 47.0 Å². The van der Waals surface area contributed by atoms with Gasteiger partial charge in [0.15, 0.2) is 23.8 Å². The van der Waals surface area contributed by atoms with E-state index in [1.165, 1.54) is 71.3 Å². The lowest BCUT2D eigenvalue weighted by Gasteiger charge is -2.22. The van der Waals surface area contributed by atoms with Crippen LogP contribution in [0.2, 0.25) is 0 Å². The zero-order valence-corrected chi connectivity index (χ0v) is 52.9. The van der Waals surface area contributed by atoms with Crippen LogP contribution in [0.25, 0.3) is 0 Å². The van der Waals surface area contributed by atoms with E-state index in [-0.39, 0.29) is 127 Å². The number of hydrogen-bond donors (Lipinski definition) is 21. The smallest absolute Gasteiger partial charge is 0.253 e. The molecule has 0 saturated carbocycles. The van der Waals surface area contributed by atoms with Gasteiger partial charge >= 0.3 is 0 Å². The van der Waals surface area contributed by atoms with Crippen LogP contribution >= 0.6 is 47.0 Å². The third-order valence-electron chi connectivity index (χ3n) is 13.0. The lowest BCUT2D eigenvalue weighted by molar-refractivity contribution is -0.118. The maximum absolute atomic E-state index is 14.5. The quantitative estimate of drug-likeness (QED) is 0.0136. The predicted molar refractivity (Wildman–Crippen MR) is 354 cm³/mol. The summed E-state index contributed by atoms with van der Waals surface area (Å²) in [4.78, 5) is 113. The topological polar surface area (TPSA) is 520 Å². The van der Waals surface area contributed by atoms with E-state index in [0.717, 1.165) is 0 Å². The summed E-state index contributed by atoms with van der Waals surface area (Å²) >= 11 is 5.01. The van der Waals surface area contributed by atoms with Gasteiger partial charge in [0.2, 0.25) is 29.5 Å². The Kier molecular flexibility index (Phi) is 30.2. The Morgan fingerprint density at radius 2 is 0.629 bits per heavy atom. The first kappa shape index (κ1) is 72.6. The molecule has 8 amide bonds. The Labute approximate surface area is 532 Å². The van der Waals surface area contributed by atoms with Crippen molar-refractivity contribution in [3.8, 4) is 0 Å². The highest BCUT2D eigenvalue weighted by Gasteiger charge is 2.28. The van der Waals surface area contributed by atoms with E-state index in [1.54, 1.807) is 73.6 Å².